The minimum Gasteiger partial charge on any atom is -0.462 e. The van der Waals surface area contributed by atoms with Crippen LogP contribution < -0.4 is 0 Å². The molecule has 0 saturated heterocycles. The molecule has 0 radical (unpaired) electrons. The summed E-state index contributed by atoms with van der Waals surface area (Å²) in [7, 11) is 0. The first-order valence-electron chi connectivity index (χ1n) is 10.6. The van der Waals surface area contributed by atoms with E-state index in [9.17, 15) is 9.59 Å². The van der Waals surface area contributed by atoms with Crippen LogP contribution in [0.5, 0.6) is 0 Å². The van der Waals surface area contributed by atoms with Crippen molar-refractivity contribution in [2.75, 3.05) is 6.61 Å². The van der Waals surface area contributed by atoms with Gasteiger partial charge >= 0.3 is 11.9 Å². The van der Waals surface area contributed by atoms with Gasteiger partial charge in [-0.2, -0.15) is 0 Å². The van der Waals surface area contributed by atoms with Gasteiger partial charge in [0.2, 0.25) is 0 Å². The molecule has 1 atom stereocenters. The van der Waals surface area contributed by atoms with Gasteiger partial charge in [0.05, 0.1) is 17.7 Å². The molecule has 0 saturated carbocycles. The van der Waals surface area contributed by atoms with Gasteiger partial charge < -0.3 is 9.47 Å². The maximum absolute atomic E-state index is 12.3. The van der Waals surface area contributed by atoms with Crippen LogP contribution in [0.25, 0.3) is 0 Å². The summed E-state index contributed by atoms with van der Waals surface area (Å²) in [5.41, 5.74) is 0.797. The topological polar surface area (TPSA) is 52.6 Å². The van der Waals surface area contributed by atoms with E-state index in [1.165, 1.54) is 32.1 Å². The highest BCUT2D eigenvalue weighted by Gasteiger charge is 2.16. The van der Waals surface area contributed by atoms with E-state index in [1.807, 2.05) is 6.92 Å². The molecule has 4 heteroatoms. The van der Waals surface area contributed by atoms with E-state index in [4.69, 9.17) is 9.47 Å². The normalized spacial score (nSPS) is 11.8. The number of benzene rings is 1. The summed E-state index contributed by atoms with van der Waals surface area (Å²) in [5.74, 6) is -0.756. The van der Waals surface area contributed by atoms with Crippen LogP contribution in [0.2, 0.25) is 0 Å². The Labute approximate surface area is 164 Å². The quantitative estimate of drug-likeness (QED) is 0.281. The third kappa shape index (κ3) is 9.60. The number of rotatable bonds is 14. The van der Waals surface area contributed by atoms with Crippen molar-refractivity contribution in [3.63, 3.8) is 0 Å². The molecule has 0 aliphatic carbocycles. The first-order valence-corrected chi connectivity index (χ1v) is 10.6. The first-order chi connectivity index (χ1) is 13.1. The number of hydrogen-bond acceptors (Lipinski definition) is 4. The standard InChI is InChI=1S/C23H36O4/c1-4-7-8-9-10-11-12-17-26-22(24)19-15-13-16-20(18-19)23(25)27-21(6-3)14-5-2/h13,15-16,18,21H,4-12,14,17H2,1-3H3. The Morgan fingerprint density at radius 1 is 0.852 bits per heavy atom. The number of hydrogen-bond donors (Lipinski definition) is 0. The van der Waals surface area contributed by atoms with Crippen LogP contribution in [-0.2, 0) is 9.47 Å². The van der Waals surface area contributed by atoms with Crippen molar-refractivity contribution in [3.05, 3.63) is 35.4 Å². The van der Waals surface area contributed by atoms with Crippen molar-refractivity contribution in [3.8, 4) is 0 Å². The zero-order chi connectivity index (χ0) is 19.9. The maximum atomic E-state index is 12.3. The van der Waals surface area contributed by atoms with Gasteiger partial charge in [-0.3, -0.25) is 0 Å². The fourth-order valence-electron chi connectivity index (χ4n) is 2.97. The predicted molar refractivity (Wildman–Crippen MR) is 109 cm³/mol. The van der Waals surface area contributed by atoms with E-state index < -0.39 is 0 Å². The molecule has 0 bridgehead atoms. The lowest BCUT2D eigenvalue weighted by atomic mass is 10.1. The molecule has 1 rings (SSSR count). The second kappa shape index (κ2) is 14.2. The lowest BCUT2D eigenvalue weighted by molar-refractivity contribution is 0.0271. The van der Waals surface area contributed by atoms with Gasteiger partial charge in [0, 0.05) is 0 Å². The molecule has 0 fully saturated rings. The maximum Gasteiger partial charge on any atom is 0.338 e. The lowest BCUT2D eigenvalue weighted by Crippen LogP contribution is -2.18. The van der Waals surface area contributed by atoms with Crippen LogP contribution in [0, 0.1) is 0 Å². The largest absolute Gasteiger partial charge is 0.462 e. The molecule has 0 spiro atoms. The van der Waals surface area contributed by atoms with Crippen molar-refractivity contribution in [1.82, 2.24) is 0 Å². The highest BCUT2D eigenvalue weighted by Crippen LogP contribution is 2.13. The zero-order valence-electron chi connectivity index (χ0n) is 17.3. The van der Waals surface area contributed by atoms with Gasteiger partial charge in [0.1, 0.15) is 6.10 Å². The second-order valence-electron chi connectivity index (χ2n) is 7.06. The molecule has 0 N–H and O–H groups in total. The summed E-state index contributed by atoms with van der Waals surface area (Å²) in [6.07, 6.45) is 10.8. The SMILES string of the molecule is CCCCCCCCCOC(=O)c1cccc(C(=O)OC(CC)CCC)c1. The van der Waals surface area contributed by atoms with Crippen LogP contribution in [0.1, 0.15) is 106 Å². The number of unbranched alkanes of at least 4 members (excludes halogenated alkanes) is 6. The second-order valence-corrected chi connectivity index (χ2v) is 7.06. The molecule has 0 amide bonds. The molecule has 0 aliphatic rings. The fourth-order valence-corrected chi connectivity index (χ4v) is 2.97. The molecule has 1 unspecified atom stereocenters. The fraction of sp³-hybridized carbons (Fsp3) is 0.652. The average Bonchev–Trinajstić information content (AvgIpc) is 2.69. The summed E-state index contributed by atoms with van der Waals surface area (Å²) in [6.45, 7) is 6.71. The minimum absolute atomic E-state index is 0.0737. The molecular formula is C23H36O4. The molecule has 0 aromatic heterocycles. The predicted octanol–water partition coefficient (Wildman–Crippen LogP) is 6.33. The Morgan fingerprint density at radius 3 is 2.11 bits per heavy atom. The monoisotopic (exact) mass is 376 g/mol. The third-order valence-electron chi connectivity index (χ3n) is 4.65. The van der Waals surface area contributed by atoms with Crippen molar-refractivity contribution in [2.24, 2.45) is 0 Å². The minimum atomic E-state index is -0.378. The summed E-state index contributed by atoms with van der Waals surface area (Å²) >= 11 is 0. The van der Waals surface area contributed by atoms with Crippen LogP contribution in [-0.4, -0.2) is 24.6 Å². The van der Waals surface area contributed by atoms with Crippen LogP contribution >= 0.6 is 0 Å². The first kappa shape index (κ1) is 23.2. The number of esters is 2. The number of carbonyl (C=O) groups is 2. The van der Waals surface area contributed by atoms with Crippen molar-refractivity contribution in [1.29, 1.82) is 0 Å². The highest BCUT2D eigenvalue weighted by atomic mass is 16.5. The molecular weight excluding hydrogens is 340 g/mol. The molecule has 27 heavy (non-hydrogen) atoms. The Bertz CT molecular complexity index is 553. The highest BCUT2D eigenvalue weighted by molar-refractivity contribution is 5.95. The summed E-state index contributed by atoms with van der Waals surface area (Å²) < 4.78 is 10.9. The van der Waals surface area contributed by atoms with Crippen molar-refractivity contribution in [2.45, 2.75) is 91.1 Å². The van der Waals surface area contributed by atoms with Gasteiger partial charge in [-0.25, -0.2) is 9.59 Å². The van der Waals surface area contributed by atoms with Gasteiger partial charge in [-0.05, 0) is 37.5 Å². The molecule has 4 nitrogen and oxygen atoms in total. The van der Waals surface area contributed by atoms with Crippen LogP contribution in [0.3, 0.4) is 0 Å². The smallest absolute Gasteiger partial charge is 0.338 e. The van der Waals surface area contributed by atoms with E-state index in [2.05, 4.69) is 13.8 Å². The van der Waals surface area contributed by atoms with Crippen molar-refractivity contribution >= 4 is 11.9 Å². The molecule has 0 aliphatic heterocycles. The molecule has 0 heterocycles. The number of ether oxygens (including phenoxy) is 2. The van der Waals surface area contributed by atoms with Crippen molar-refractivity contribution < 1.29 is 19.1 Å². The molecule has 1 aromatic rings. The van der Waals surface area contributed by atoms with Gasteiger partial charge in [-0.1, -0.05) is 71.8 Å². The summed E-state index contributed by atoms with van der Waals surface area (Å²) in [4.78, 5) is 24.5. The van der Waals surface area contributed by atoms with E-state index >= 15 is 0 Å². The van der Waals surface area contributed by atoms with E-state index in [0.29, 0.717) is 17.7 Å². The van der Waals surface area contributed by atoms with Gasteiger partial charge in [0.15, 0.2) is 0 Å². The average molecular weight is 377 g/mol. The third-order valence-corrected chi connectivity index (χ3v) is 4.65. The van der Waals surface area contributed by atoms with E-state index in [0.717, 1.165) is 32.1 Å². The molecule has 152 valence electrons. The van der Waals surface area contributed by atoms with E-state index in [1.54, 1.807) is 24.3 Å². The summed E-state index contributed by atoms with van der Waals surface area (Å²) in [5, 5.41) is 0. The van der Waals surface area contributed by atoms with E-state index in [-0.39, 0.29) is 18.0 Å². The van der Waals surface area contributed by atoms with Crippen LogP contribution in [0.15, 0.2) is 24.3 Å². The van der Waals surface area contributed by atoms with Gasteiger partial charge in [0.25, 0.3) is 0 Å². The Hall–Kier alpha value is -1.84. The van der Waals surface area contributed by atoms with Crippen LogP contribution in [0.4, 0.5) is 0 Å². The number of carbonyl (C=O) groups excluding carboxylic acids is 2. The zero-order valence-corrected chi connectivity index (χ0v) is 17.3. The molecule has 1 aromatic carbocycles. The summed E-state index contributed by atoms with van der Waals surface area (Å²) in [6, 6.07) is 6.61. The Morgan fingerprint density at radius 2 is 1.48 bits per heavy atom. The Balaban J connectivity index is 2.41. The van der Waals surface area contributed by atoms with Gasteiger partial charge in [-0.15, -0.1) is 0 Å². The Kier molecular flexibility index (Phi) is 12.2. The lowest BCUT2D eigenvalue weighted by Gasteiger charge is -2.15.